The molecule has 17 heavy (non-hydrogen) atoms. The minimum absolute atomic E-state index is 0.0509. The van der Waals surface area contributed by atoms with Crippen molar-refractivity contribution >= 4 is 41.6 Å². The summed E-state index contributed by atoms with van der Waals surface area (Å²) in [5, 5.41) is 8.31. The molecule has 0 aliphatic rings. The average Bonchev–Trinajstić information content (AvgIpc) is 2.75. The molecule has 0 aliphatic carbocycles. The summed E-state index contributed by atoms with van der Waals surface area (Å²) in [5.74, 6) is 0. The maximum absolute atomic E-state index is 11.4. The summed E-state index contributed by atoms with van der Waals surface area (Å²) in [4.78, 5) is 0.0509. The van der Waals surface area contributed by atoms with Crippen LogP contribution in [0.2, 0.25) is 0 Å². The second-order valence-electron chi connectivity index (χ2n) is 3.48. The van der Waals surface area contributed by atoms with Crippen LogP contribution in [-0.4, -0.2) is 18.8 Å². The van der Waals surface area contributed by atoms with Gasteiger partial charge in [0.15, 0.2) is 5.58 Å². The molecule has 0 bridgehead atoms. The quantitative estimate of drug-likeness (QED) is 0.633. The summed E-state index contributed by atoms with van der Waals surface area (Å²) in [6.45, 7) is 0. The number of halogens is 1. The summed E-state index contributed by atoms with van der Waals surface area (Å²) in [6.07, 6.45) is 0. The molecule has 0 N–H and O–H groups in total. The van der Waals surface area contributed by atoms with Gasteiger partial charge in [-0.3, -0.25) is 0 Å². The third-order valence-electron chi connectivity index (χ3n) is 2.49. The lowest BCUT2D eigenvalue weighted by Crippen LogP contribution is -1.91. The summed E-state index contributed by atoms with van der Waals surface area (Å²) < 4.78 is 27.8. The van der Waals surface area contributed by atoms with Crippen LogP contribution in [0.25, 0.3) is 21.9 Å². The number of rotatable bonds is 1. The first-order chi connectivity index (χ1) is 8.07. The molecule has 0 unspecified atom stereocenters. The summed E-state index contributed by atoms with van der Waals surface area (Å²) in [5.41, 5.74) is 1.02. The van der Waals surface area contributed by atoms with E-state index in [1.165, 1.54) is 6.07 Å². The Morgan fingerprint density at radius 2 is 1.94 bits per heavy atom. The van der Waals surface area contributed by atoms with Gasteiger partial charge in [0.25, 0.3) is 9.05 Å². The topological polar surface area (TPSA) is 73.1 Å². The van der Waals surface area contributed by atoms with Gasteiger partial charge in [-0.15, -0.1) is 5.10 Å². The molecule has 0 amide bonds. The van der Waals surface area contributed by atoms with Gasteiger partial charge in [-0.2, -0.15) is 0 Å². The predicted octanol–water partition coefficient (Wildman–Crippen LogP) is 2.30. The molecule has 0 radical (unpaired) electrons. The highest BCUT2D eigenvalue weighted by Gasteiger charge is 2.16. The van der Waals surface area contributed by atoms with E-state index in [4.69, 9.17) is 15.2 Å². The normalized spacial score (nSPS) is 12.3. The van der Waals surface area contributed by atoms with Gasteiger partial charge in [0.2, 0.25) is 0 Å². The molecule has 7 heteroatoms. The largest absolute Gasteiger partial charge is 0.336 e. The lowest BCUT2D eigenvalue weighted by Gasteiger charge is -2.02. The van der Waals surface area contributed by atoms with Gasteiger partial charge in [-0.25, -0.2) is 8.42 Å². The Bertz CT molecular complexity index is 826. The highest BCUT2D eigenvalue weighted by Crippen LogP contribution is 2.30. The van der Waals surface area contributed by atoms with E-state index in [-0.39, 0.29) is 4.90 Å². The molecule has 3 aromatic rings. The van der Waals surface area contributed by atoms with Crippen LogP contribution in [0.3, 0.4) is 0 Å². The molecule has 0 fully saturated rings. The van der Waals surface area contributed by atoms with Gasteiger partial charge in [-0.1, -0.05) is 18.2 Å². The molecular formula is C10H5ClN2O3S. The van der Waals surface area contributed by atoms with E-state index in [1.807, 2.05) is 0 Å². The van der Waals surface area contributed by atoms with E-state index < -0.39 is 9.05 Å². The Balaban J connectivity index is 2.57. The van der Waals surface area contributed by atoms with Crippen molar-refractivity contribution in [2.45, 2.75) is 4.90 Å². The molecule has 1 aromatic heterocycles. The Morgan fingerprint density at radius 1 is 1.12 bits per heavy atom. The molecule has 86 valence electrons. The van der Waals surface area contributed by atoms with E-state index >= 15 is 0 Å². The minimum atomic E-state index is -3.79. The number of nitrogens with zero attached hydrogens (tertiary/aromatic N) is 2. The molecule has 0 saturated heterocycles. The van der Waals surface area contributed by atoms with E-state index in [0.717, 1.165) is 0 Å². The fraction of sp³-hybridized carbons (Fsp3) is 0. The van der Waals surface area contributed by atoms with Crippen molar-refractivity contribution in [1.82, 2.24) is 10.4 Å². The van der Waals surface area contributed by atoms with E-state index in [2.05, 4.69) is 10.4 Å². The molecule has 0 aliphatic heterocycles. The van der Waals surface area contributed by atoms with Crippen molar-refractivity contribution in [2.24, 2.45) is 0 Å². The standard InChI is InChI=1S/C10H5ClN2O3S/c11-17(14,15)9-3-1-2-7-6(9)4-5-8-10(7)16-13-12-8/h1-5H. The first kappa shape index (κ1) is 10.5. The van der Waals surface area contributed by atoms with E-state index in [0.29, 0.717) is 21.9 Å². The van der Waals surface area contributed by atoms with Crippen molar-refractivity contribution < 1.29 is 12.9 Å². The first-order valence-electron chi connectivity index (χ1n) is 4.66. The SMILES string of the molecule is O=S(=O)(Cl)c1cccc2c1ccc1nnoc12. The summed E-state index contributed by atoms with van der Waals surface area (Å²) >= 11 is 0. The Hall–Kier alpha value is -1.66. The number of aromatic nitrogens is 2. The van der Waals surface area contributed by atoms with Crippen molar-refractivity contribution in [3.8, 4) is 0 Å². The highest BCUT2D eigenvalue weighted by atomic mass is 35.7. The van der Waals surface area contributed by atoms with Gasteiger partial charge in [0.1, 0.15) is 5.52 Å². The lowest BCUT2D eigenvalue weighted by atomic mass is 10.1. The van der Waals surface area contributed by atoms with Crippen LogP contribution in [0.1, 0.15) is 0 Å². The van der Waals surface area contributed by atoms with Crippen molar-refractivity contribution in [2.75, 3.05) is 0 Å². The van der Waals surface area contributed by atoms with Crippen LogP contribution in [-0.2, 0) is 9.05 Å². The monoisotopic (exact) mass is 268 g/mol. The van der Waals surface area contributed by atoms with Crippen LogP contribution in [0, 0.1) is 0 Å². The van der Waals surface area contributed by atoms with Gasteiger partial charge in [-0.05, 0) is 12.1 Å². The second-order valence-corrected chi connectivity index (χ2v) is 6.01. The van der Waals surface area contributed by atoms with Crippen LogP contribution in [0.5, 0.6) is 0 Å². The average molecular weight is 269 g/mol. The molecule has 3 rings (SSSR count). The van der Waals surface area contributed by atoms with Gasteiger partial charge in [0, 0.05) is 26.7 Å². The molecule has 1 heterocycles. The highest BCUT2D eigenvalue weighted by molar-refractivity contribution is 8.14. The van der Waals surface area contributed by atoms with E-state index in [1.54, 1.807) is 24.3 Å². The predicted molar refractivity (Wildman–Crippen MR) is 62.3 cm³/mol. The molecule has 2 aromatic carbocycles. The molecule has 5 nitrogen and oxygen atoms in total. The zero-order valence-corrected chi connectivity index (χ0v) is 9.86. The van der Waals surface area contributed by atoms with Crippen molar-refractivity contribution in [3.63, 3.8) is 0 Å². The summed E-state index contributed by atoms with van der Waals surface area (Å²) in [7, 11) is 1.58. The molecular weight excluding hydrogens is 264 g/mol. The maximum Gasteiger partial charge on any atom is 0.261 e. The second kappa shape index (κ2) is 3.41. The Kier molecular flexibility index (Phi) is 2.11. The lowest BCUT2D eigenvalue weighted by molar-refractivity contribution is 0.426. The molecule has 0 atom stereocenters. The smallest absolute Gasteiger partial charge is 0.261 e. The van der Waals surface area contributed by atoms with Crippen LogP contribution in [0.4, 0.5) is 0 Å². The third kappa shape index (κ3) is 1.57. The maximum atomic E-state index is 11.4. The first-order valence-corrected chi connectivity index (χ1v) is 6.97. The van der Waals surface area contributed by atoms with Crippen LogP contribution in [0.15, 0.2) is 39.8 Å². The van der Waals surface area contributed by atoms with Crippen molar-refractivity contribution in [1.29, 1.82) is 0 Å². The van der Waals surface area contributed by atoms with Gasteiger partial charge >= 0.3 is 0 Å². The minimum Gasteiger partial charge on any atom is -0.336 e. The number of fused-ring (bicyclic) bond motifs is 3. The Labute approximate surface area is 100 Å². The molecule has 0 saturated carbocycles. The zero-order valence-electron chi connectivity index (χ0n) is 8.29. The number of hydrogen-bond donors (Lipinski definition) is 0. The van der Waals surface area contributed by atoms with Crippen molar-refractivity contribution in [3.05, 3.63) is 30.3 Å². The fourth-order valence-corrected chi connectivity index (χ4v) is 2.87. The van der Waals surface area contributed by atoms with Crippen LogP contribution < -0.4 is 0 Å². The zero-order chi connectivity index (χ0) is 12.0. The molecule has 0 spiro atoms. The van der Waals surface area contributed by atoms with Crippen LogP contribution >= 0.6 is 10.7 Å². The number of hydrogen-bond acceptors (Lipinski definition) is 5. The van der Waals surface area contributed by atoms with Gasteiger partial charge < -0.3 is 4.52 Å². The number of benzene rings is 2. The Morgan fingerprint density at radius 3 is 2.71 bits per heavy atom. The summed E-state index contributed by atoms with van der Waals surface area (Å²) in [6, 6.07) is 8.05. The van der Waals surface area contributed by atoms with E-state index in [9.17, 15) is 8.42 Å². The third-order valence-corrected chi connectivity index (χ3v) is 3.87. The van der Waals surface area contributed by atoms with Gasteiger partial charge in [0.05, 0.1) is 4.90 Å². The fourth-order valence-electron chi connectivity index (χ4n) is 1.78.